The standard InChI is InChI=1S/C16H20N2OS/c17-14(20)13-8-4-5-11-18(13)15(19)16(9-10-16)12-6-2-1-3-7-12/h1-3,6-7,13H,4-5,8-11H2,(H2,17,20). The number of hydrogen-bond acceptors (Lipinski definition) is 2. The van der Waals surface area contributed by atoms with Crippen LogP contribution in [-0.2, 0) is 10.2 Å². The molecule has 0 aromatic heterocycles. The van der Waals surface area contributed by atoms with Crippen molar-refractivity contribution in [2.45, 2.75) is 43.6 Å². The van der Waals surface area contributed by atoms with Crippen molar-refractivity contribution in [2.24, 2.45) is 5.73 Å². The number of carbonyl (C=O) groups excluding carboxylic acids is 1. The first-order valence-corrected chi connectivity index (χ1v) is 7.72. The lowest BCUT2D eigenvalue weighted by molar-refractivity contribution is -0.136. The zero-order chi connectivity index (χ0) is 14.2. The molecule has 0 spiro atoms. The molecule has 1 aromatic carbocycles. The van der Waals surface area contributed by atoms with Gasteiger partial charge in [-0.2, -0.15) is 0 Å². The van der Waals surface area contributed by atoms with Crippen LogP contribution in [0.3, 0.4) is 0 Å². The number of nitrogens with two attached hydrogens (primary N) is 1. The minimum Gasteiger partial charge on any atom is -0.392 e. The van der Waals surface area contributed by atoms with E-state index in [0.29, 0.717) is 4.99 Å². The number of thiocarbonyl (C=S) groups is 1. The van der Waals surface area contributed by atoms with E-state index < -0.39 is 0 Å². The fourth-order valence-electron chi connectivity index (χ4n) is 3.25. The third-order valence-corrected chi connectivity index (χ3v) is 4.85. The normalized spacial score (nSPS) is 24.2. The van der Waals surface area contributed by atoms with Crippen LogP contribution in [-0.4, -0.2) is 28.4 Å². The van der Waals surface area contributed by atoms with E-state index in [4.69, 9.17) is 18.0 Å². The largest absolute Gasteiger partial charge is 0.392 e. The summed E-state index contributed by atoms with van der Waals surface area (Å²) in [6.07, 6.45) is 4.94. The van der Waals surface area contributed by atoms with Crippen molar-refractivity contribution in [3.05, 3.63) is 35.9 Å². The molecule has 2 N–H and O–H groups in total. The Balaban J connectivity index is 1.86. The summed E-state index contributed by atoms with van der Waals surface area (Å²) in [5.41, 5.74) is 6.67. The number of amides is 1. The predicted octanol–water partition coefficient (Wildman–Crippen LogP) is 2.39. The Hall–Kier alpha value is -1.42. The van der Waals surface area contributed by atoms with E-state index in [2.05, 4.69) is 12.1 Å². The van der Waals surface area contributed by atoms with E-state index in [-0.39, 0.29) is 17.4 Å². The summed E-state index contributed by atoms with van der Waals surface area (Å²) in [6.45, 7) is 0.787. The first-order chi connectivity index (χ1) is 9.65. The van der Waals surface area contributed by atoms with Gasteiger partial charge in [0.1, 0.15) is 0 Å². The van der Waals surface area contributed by atoms with Crippen molar-refractivity contribution in [3.63, 3.8) is 0 Å². The van der Waals surface area contributed by atoms with Crippen LogP contribution in [0.4, 0.5) is 0 Å². The van der Waals surface area contributed by atoms with Crippen LogP contribution in [0.2, 0.25) is 0 Å². The smallest absolute Gasteiger partial charge is 0.233 e. The Kier molecular flexibility index (Phi) is 3.50. The monoisotopic (exact) mass is 288 g/mol. The van der Waals surface area contributed by atoms with Crippen molar-refractivity contribution in [1.29, 1.82) is 0 Å². The Morgan fingerprint density at radius 3 is 2.55 bits per heavy atom. The van der Waals surface area contributed by atoms with Gasteiger partial charge in [-0.25, -0.2) is 0 Å². The fourth-order valence-corrected chi connectivity index (χ4v) is 3.50. The highest BCUT2D eigenvalue weighted by Crippen LogP contribution is 2.50. The molecule has 1 saturated carbocycles. The zero-order valence-electron chi connectivity index (χ0n) is 11.5. The average Bonchev–Trinajstić information content (AvgIpc) is 3.29. The Labute approximate surface area is 125 Å². The molecule has 20 heavy (non-hydrogen) atoms. The van der Waals surface area contributed by atoms with Crippen LogP contribution in [0, 0.1) is 0 Å². The lowest BCUT2D eigenvalue weighted by atomic mass is 9.91. The molecule has 3 rings (SSSR count). The Morgan fingerprint density at radius 2 is 1.95 bits per heavy atom. The summed E-state index contributed by atoms with van der Waals surface area (Å²) in [7, 11) is 0. The highest BCUT2D eigenvalue weighted by Gasteiger charge is 2.54. The van der Waals surface area contributed by atoms with Gasteiger partial charge in [0, 0.05) is 6.54 Å². The molecule has 1 aromatic rings. The van der Waals surface area contributed by atoms with Crippen molar-refractivity contribution in [3.8, 4) is 0 Å². The lowest BCUT2D eigenvalue weighted by Crippen LogP contribution is -2.53. The van der Waals surface area contributed by atoms with Gasteiger partial charge in [-0.1, -0.05) is 42.5 Å². The maximum atomic E-state index is 13.0. The Bertz CT molecular complexity index is 525. The molecule has 3 nitrogen and oxygen atoms in total. The number of carbonyl (C=O) groups is 1. The second-order valence-electron chi connectivity index (χ2n) is 5.86. The number of rotatable bonds is 3. The third kappa shape index (κ3) is 2.22. The fraction of sp³-hybridized carbons (Fsp3) is 0.500. The molecule has 1 saturated heterocycles. The van der Waals surface area contributed by atoms with Crippen LogP contribution >= 0.6 is 12.2 Å². The van der Waals surface area contributed by atoms with E-state index in [9.17, 15) is 4.79 Å². The predicted molar refractivity (Wildman–Crippen MR) is 83.5 cm³/mol. The molecule has 1 amide bonds. The molecular formula is C16H20N2OS. The molecule has 106 valence electrons. The van der Waals surface area contributed by atoms with Gasteiger partial charge in [0.2, 0.25) is 5.91 Å². The van der Waals surface area contributed by atoms with E-state index >= 15 is 0 Å². The molecule has 4 heteroatoms. The van der Waals surface area contributed by atoms with Crippen molar-refractivity contribution in [1.82, 2.24) is 4.90 Å². The van der Waals surface area contributed by atoms with E-state index in [0.717, 1.165) is 44.2 Å². The maximum absolute atomic E-state index is 13.0. The van der Waals surface area contributed by atoms with Crippen LogP contribution in [0.1, 0.15) is 37.7 Å². The van der Waals surface area contributed by atoms with E-state index in [1.165, 1.54) is 0 Å². The lowest BCUT2D eigenvalue weighted by Gasteiger charge is -2.37. The summed E-state index contributed by atoms with van der Waals surface area (Å²) < 4.78 is 0. The van der Waals surface area contributed by atoms with Gasteiger partial charge in [-0.05, 0) is 37.7 Å². The summed E-state index contributed by atoms with van der Waals surface area (Å²) in [5.74, 6) is 0.223. The van der Waals surface area contributed by atoms with Gasteiger partial charge in [-0.15, -0.1) is 0 Å². The molecule has 1 aliphatic carbocycles. The van der Waals surface area contributed by atoms with E-state index in [1.807, 2.05) is 23.1 Å². The first kappa shape index (κ1) is 13.6. The molecular weight excluding hydrogens is 268 g/mol. The van der Waals surface area contributed by atoms with Gasteiger partial charge >= 0.3 is 0 Å². The number of piperidine rings is 1. The maximum Gasteiger partial charge on any atom is 0.233 e. The summed E-state index contributed by atoms with van der Waals surface area (Å²) in [5, 5.41) is 0. The van der Waals surface area contributed by atoms with E-state index in [1.54, 1.807) is 0 Å². The quantitative estimate of drug-likeness (QED) is 0.869. The second-order valence-corrected chi connectivity index (χ2v) is 6.33. The third-order valence-electron chi connectivity index (χ3n) is 4.58. The zero-order valence-corrected chi connectivity index (χ0v) is 12.4. The molecule has 1 atom stereocenters. The van der Waals surface area contributed by atoms with Crippen LogP contribution < -0.4 is 5.73 Å². The minimum atomic E-state index is -0.304. The van der Waals surface area contributed by atoms with Crippen molar-refractivity contribution < 1.29 is 4.79 Å². The molecule has 1 aliphatic heterocycles. The Morgan fingerprint density at radius 1 is 1.25 bits per heavy atom. The van der Waals surface area contributed by atoms with Gasteiger partial charge in [0.25, 0.3) is 0 Å². The number of nitrogens with zero attached hydrogens (tertiary/aromatic N) is 1. The van der Waals surface area contributed by atoms with Crippen LogP contribution in [0.25, 0.3) is 0 Å². The minimum absolute atomic E-state index is 0.0487. The van der Waals surface area contributed by atoms with Gasteiger partial charge in [-0.3, -0.25) is 4.79 Å². The van der Waals surface area contributed by atoms with Gasteiger partial charge < -0.3 is 10.6 Å². The van der Waals surface area contributed by atoms with Crippen molar-refractivity contribution >= 4 is 23.1 Å². The number of hydrogen-bond donors (Lipinski definition) is 1. The summed E-state index contributed by atoms with van der Waals surface area (Å²) in [6, 6.07) is 10.1. The van der Waals surface area contributed by atoms with Crippen LogP contribution in [0.15, 0.2) is 30.3 Å². The average molecular weight is 288 g/mol. The molecule has 2 aliphatic rings. The molecule has 0 radical (unpaired) electrons. The van der Waals surface area contributed by atoms with Gasteiger partial charge in [0.15, 0.2) is 0 Å². The molecule has 1 heterocycles. The van der Waals surface area contributed by atoms with Crippen LogP contribution in [0.5, 0.6) is 0 Å². The number of benzene rings is 1. The number of likely N-dealkylation sites (tertiary alicyclic amines) is 1. The molecule has 0 bridgehead atoms. The van der Waals surface area contributed by atoms with Gasteiger partial charge in [0.05, 0.1) is 16.4 Å². The molecule has 2 fully saturated rings. The summed E-state index contributed by atoms with van der Waals surface area (Å²) >= 11 is 5.16. The topological polar surface area (TPSA) is 46.3 Å². The summed E-state index contributed by atoms with van der Waals surface area (Å²) in [4.78, 5) is 15.4. The van der Waals surface area contributed by atoms with Crippen molar-refractivity contribution in [2.75, 3.05) is 6.54 Å². The SMILES string of the molecule is NC(=S)C1CCCCN1C(=O)C1(c2ccccc2)CC1. The highest BCUT2D eigenvalue weighted by molar-refractivity contribution is 7.80. The molecule has 1 unspecified atom stereocenters. The highest BCUT2D eigenvalue weighted by atomic mass is 32.1. The first-order valence-electron chi connectivity index (χ1n) is 7.31. The second kappa shape index (κ2) is 5.17.